The third-order valence-electron chi connectivity index (χ3n) is 4.51. The molecule has 0 radical (unpaired) electrons. The average Bonchev–Trinajstić information content (AvgIpc) is 3.06. The van der Waals surface area contributed by atoms with Gasteiger partial charge in [0.1, 0.15) is 5.82 Å². The number of carbonyl (C=O) groups is 1. The monoisotopic (exact) mass is 380 g/mol. The fraction of sp³-hybridized carbons (Fsp3) is 0.316. The largest absolute Gasteiger partial charge is 0.338 e. The minimum absolute atomic E-state index is 0.0836. The molecule has 3 rings (SSSR count). The lowest BCUT2D eigenvalue weighted by Crippen LogP contribution is -2.30. The van der Waals surface area contributed by atoms with Crippen molar-refractivity contribution in [1.82, 2.24) is 10.2 Å². The van der Waals surface area contributed by atoms with E-state index in [2.05, 4.69) is 5.32 Å². The molecule has 1 aliphatic heterocycles. The lowest BCUT2D eigenvalue weighted by atomic mass is 9.98. The summed E-state index contributed by atoms with van der Waals surface area (Å²) in [4.78, 5) is 14.8. The number of amides is 1. The van der Waals surface area contributed by atoms with Gasteiger partial charge < -0.3 is 10.2 Å². The maximum absolute atomic E-state index is 13.8. The number of hydrogen-bond donors (Lipinski definition) is 1. The summed E-state index contributed by atoms with van der Waals surface area (Å²) < 4.78 is 13.8. The van der Waals surface area contributed by atoms with Crippen LogP contribution in [0.15, 0.2) is 36.4 Å². The highest BCUT2D eigenvalue weighted by Crippen LogP contribution is 2.32. The Labute approximate surface area is 156 Å². The van der Waals surface area contributed by atoms with Gasteiger partial charge in [-0.1, -0.05) is 29.3 Å². The summed E-state index contributed by atoms with van der Waals surface area (Å²) >= 11 is 12.1. The van der Waals surface area contributed by atoms with Crippen LogP contribution in [0.5, 0.6) is 0 Å². The highest BCUT2D eigenvalue weighted by molar-refractivity contribution is 6.42. The van der Waals surface area contributed by atoms with Gasteiger partial charge in [-0.25, -0.2) is 4.39 Å². The summed E-state index contributed by atoms with van der Waals surface area (Å²) in [6.45, 7) is 2.30. The molecule has 2 aromatic rings. The van der Waals surface area contributed by atoms with Crippen LogP contribution < -0.4 is 5.32 Å². The highest BCUT2D eigenvalue weighted by Gasteiger charge is 2.28. The van der Waals surface area contributed by atoms with E-state index in [9.17, 15) is 9.18 Å². The topological polar surface area (TPSA) is 32.3 Å². The first-order chi connectivity index (χ1) is 12.0. The first-order valence-electron chi connectivity index (χ1n) is 8.18. The summed E-state index contributed by atoms with van der Waals surface area (Å²) in [5, 5.41) is 3.94. The molecule has 2 aromatic carbocycles. The van der Waals surface area contributed by atoms with E-state index in [1.165, 1.54) is 12.1 Å². The Morgan fingerprint density at radius 1 is 1.24 bits per heavy atom. The average molecular weight is 381 g/mol. The van der Waals surface area contributed by atoms with Gasteiger partial charge in [-0.3, -0.25) is 4.79 Å². The number of rotatable bonds is 4. The normalized spacial score (nSPS) is 17.1. The number of halogens is 3. The molecule has 3 nitrogen and oxygen atoms in total. The Hall–Kier alpha value is -1.62. The second kappa shape index (κ2) is 7.73. The van der Waals surface area contributed by atoms with Crippen molar-refractivity contribution in [1.29, 1.82) is 0 Å². The van der Waals surface area contributed by atoms with Crippen molar-refractivity contribution in [3.05, 3.63) is 57.8 Å². The summed E-state index contributed by atoms with van der Waals surface area (Å²) in [6.07, 6.45) is 0.968. The summed E-state index contributed by atoms with van der Waals surface area (Å²) in [7, 11) is 1.91. The maximum atomic E-state index is 13.8. The quantitative estimate of drug-likeness (QED) is 0.847. The lowest BCUT2D eigenvalue weighted by Gasteiger charge is -2.19. The van der Waals surface area contributed by atoms with E-state index in [4.69, 9.17) is 23.2 Å². The molecule has 1 saturated heterocycles. The third kappa shape index (κ3) is 3.97. The Kier molecular flexibility index (Phi) is 5.62. The molecule has 132 valence electrons. The minimum Gasteiger partial charge on any atom is -0.338 e. The third-order valence-corrected chi connectivity index (χ3v) is 5.25. The SMILES string of the molecule is CNCC1CCN(C(=O)c2ccc(F)cc2-c2ccc(Cl)c(Cl)c2)C1. The number of carbonyl (C=O) groups excluding carboxylic acids is 1. The molecule has 1 aliphatic rings. The second-order valence-electron chi connectivity index (χ2n) is 6.28. The number of likely N-dealkylation sites (tertiary alicyclic amines) is 1. The Morgan fingerprint density at radius 3 is 2.76 bits per heavy atom. The van der Waals surface area contributed by atoms with E-state index >= 15 is 0 Å². The predicted molar refractivity (Wildman–Crippen MR) is 99.8 cm³/mol. The Morgan fingerprint density at radius 2 is 2.04 bits per heavy atom. The molecule has 0 bridgehead atoms. The van der Waals surface area contributed by atoms with Gasteiger partial charge in [-0.15, -0.1) is 0 Å². The van der Waals surface area contributed by atoms with Crippen LogP contribution in [0.2, 0.25) is 10.0 Å². The zero-order valence-electron chi connectivity index (χ0n) is 13.9. The van der Waals surface area contributed by atoms with Crippen LogP contribution in [-0.4, -0.2) is 37.5 Å². The summed E-state index contributed by atoms with van der Waals surface area (Å²) in [5.74, 6) is -0.0328. The summed E-state index contributed by atoms with van der Waals surface area (Å²) in [6, 6.07) is 9.28. The van der Waals surface area contributed by atoms with Gasteiger partial charge in [0.2, 0.25) is 0 Å². The molecular weight excluding hydrogens is 362 g/mol. The van der Waals surface area contributed by atoms with E-state index < -0.39 is 5.82 Å². The van der Waals surface area contributed by atoms with Crippen LogP contribution in [0.1, 0.15) is 16.8 Å². The van der Waals surface area contributed by atoms with Crippen LogP contribution in [0.3, 0.4) is 0 Å². The smallest absolute Gasteiger partial charge is 0.254 e. The molecule has 0 aliphatic carbocycles. The van der Waals surface area contributed by atoms with Crippen LogP contribution in [0, 0.1) is 11.7 Å². The second-order valence-corrected chi connectivity index (χ2v) is 7.10. The molecule has 1 unspecified atom stereocenters. The molecule has 1 amide bonds. The van der Waals surface area contributed by atoms with Gasteiger partial charge in [-0.2, -0.15) is 0 Å². The molecule has 1 heterocycles. The number of hydrogen-bond acceptors (Lipinski definition) is 2. The van der Waals surface area contributed by atoms with E-state index in [0.29, 0.717) is 45.7 Å². The van der Waals surface area contributed by atoms with Crippen LogP contribution >= 0.6 is 23.2 Å². The molecule has 0 saturated carbocycles. The molecular formula is C19H19Cl2FN2O. The maximum Gasteiger partial charge on any atom is 0.254 e. The zero-order valence-corrected chi connectivity index (χ0v) is 15.4. The highest BCUT2D eigenvalue weighted by atomic mass is 35.5. The standard InChI is InChI=1S/C19H19Cl2FN2O/c1-23-10-12-6-7-24(11-12)19(25)15-4-3-14(22)9-16(15)13-2-5-17(20)18(21)8-13/h2-5,8-9,12,23H,6-7,10-11H2,1H3. The van der Waals surface area contributed by atoms with E-state index in [1.54, 1.807) is 24.3 Å². The molecule has 1 atom stereocenters. The van der Waals surface area contributed by atoms with Crippen molar-refractivity contribution >= 4 is 29.1 Å². The fourth-order valence-electron chi connectivity index (χ4n) is 3.25. The minimum atomic E-state index is -0.396. The van der Waals surface area contributed by atoms with Crippen molar-refractivity contribution in [2.75, 3.05) is 26.7 Å². The first-order valence-corrected chi connectivity index (χ1v) is 8.94. The number of nitrogens with zero attached hydrogens (tertiary/aromatic N) is 1. The van der Waals surface area contributed by atoms with E-state index in [-0.39, 0.29) is 5.91 Å². The van der Waals surface area contributed by atoms with Gasteiger partial charge in [0.05, 0.1) is 10.0 Å². The molecule has 1 N–H and O–H groups in total. The van der Waals surface area contributed by atoms with Gasteiger partial charge in [0.25, 0.3) is 5.91 Å². The van der Waals surface area contributed by atoms with Crippen LogP contribution in [0.4, 0.5) is 4.39 Å². The Bertz CT molecular complexity index is 797. The molecule has 6 heteroatoms. The lowest BCUT2D eigenvalue weighted by molar-refractivity contribution is 0.0788. The fourth-order valence-corrected chi connectivity index (χ4v) is 3.55. The molecule has 0 aromatic heterocycles. The summed E-state index contributed by atoms with van der Waals surface area (Å²) in [5.41, 5.74) is 1.67. The van der Waals surface area contributed by atoms with Gasteiger partial charge >= 0.3 is 0 Å². The Balaban J connectivity index is 1.94. The van der Waals surface area contributed by atoms with Crippen molar-refractivity contribution in [3.63, 3.8) is 0 Å². The van der Waals surface area contributed by atoms with Crippen molar-refractivity contribution < 1.29 is 9.18 Å². The first kappa shape index (κ1) is 18.2. The van der Waals surface area contributed by atoms with Crippen LogP contribution in [-0.2, 0) is 0 Å². The van der Waals surface area contributed by atoms with Gasteiger partial charge in [0, 0.05) is 18.7 Å². The molecule has 0 spiro atoms. The van der Waals surface area contributed by atoms with Crippen molar-refractivity contribution in [2.24, 2.45) is 5.92 Å². The number of benzene rings is 2. The number of nitrogens with one attached hydrogen (secondary N) is 1. The molecule has 1 fully saturated rings. The predicted octanol–water partition coefficient (Wildman–Crippen LogP) is 4.48. The van der Waals surface area contributed by atoms with Gasteiger partial charge in [0.15, 0.2) is 0 Å². The van der Waals surface area contributed by atoms with Crippen LogP contribution in [0.25, 0.3) is 11.1 Å². The van der Waals surface area contributed by atoms with Crippen molar-refractivity contribution in [3.8, 4) is 11.1 Å². The van der Waals surface area contributed by atoms with E-state index in [1.807, 2.05) is 11.9 Å². The van der Waals surface area contributed by atoms with Crippen molar-refractivity contribution in [2.45, 2.75) is 6.42 Å². The van der Waals surface area contributed by atoms with E-state index in [0.717, 1.165) is 13.0 Å². The molecule has 25 heavy (non-hydrogen) atoms. The zero-order chi connectivity index (χ0) is 18.0. The van der Waals surface area contributed by atoms with Gasteiger partial charge in [-0.05, 0) is 67.4 Å².